The molecule has 3 aromatic heterocycles. The summed E-state index contributed by atoms with van der Waals surface area (Å²) in [5.41, 5.74) is 7.41. The van der Waals surface area contributed by atoms with Gasteiger partial charge in [-0.2, -0.15) is 0 Å². The summed E-state index contributed by atoms with van der Waals surface area (Å²) in [7, 11) is 0. The number of H-pyrrole nitrogens is 2. The standard InChI is InChI=1S/C26H31N5.CH4/c1-15-29-23-18(8-10-27-24(23)30-15)21-12-17-11-16(5-6-20(17)31-21)14-28-22-13-26(4)9-7-19(22)25(26,2)3;/h5-6,8,10-12,19,22,28,31H,7,9,13-14H2,1-4H3,(H,27,29,30);1H4. The van der Waals surface area contributed by atoms with Gasteiger partial charge in [0, 0.05) is 40.9 Å². The Morgan fingerprint density at radius 2 is 1.97 bits per heavy atom. The van der Waals surface area contributed by atoms with Crippen molar-refractivity contribution in [2.75, 3.05) is 0 Å². The molecule has 1 aromatic carbocycles. The maximum atomic E-state index is 4.47. The number of aromatic nitrogens is 4. The van der Waals surface area contributed by atoms with Crippen LogP contribution in [0.4, 0.5) is 0 Å². The summed E-state index contributed by atoms with van der Waals surface area (Å²) < 4.78 is 0. The Balaban J connectivity index is 0.00000216. The van der Waals surface area contributed by atoms with E-state index < -0.39 is 0 Å². The molecule has 2 fully saturated rings. The van der Waals surface area contributed by atoms with Gasteiger partial charge in [0.1, 0.15) is 5.82 Å². The van der Waals surface area contributed by atoms with Gasteiger partial charge in [0.25, 0.3) is 0 Å². The summed E-state index contributed by atoms with van der Waals surface area (Å²) in [5, 5.41) is 5.15. The maximum Gasteiger partial charge on any atom is 0.178 e. The molecular formula is C27H35N5. The summed E-state index contributed by atoms with van der Waals surface area (Å²) in [6.45, 7) is 10.4. The van der Waals surface area contributed by atoms with Crippen molar-refractivity contribution in [3.05, 3.63) is 47.9 Å². The SMILES string of the molecule is C.Cc1nc2nccc(-c3cc4cc(CNC5CC6(C)CCC5C6(C)C)ccc4[nH]3)c2[nH]1. The van der Waals surface area contributed by atoms with Crippen molar-refractivity contribution in [3.63, 3.8) is 0 Å². The highest BCUT2D eigenvalue weighted by Gasteiger charge is 2.60. The van der Waals surface area contributed by atoms with E-state index in [1.807, 2.05) is 19.2 Å². The fraction of sp³-hybridized carbons (Fsp3) is 0.481. The summed E-state index contributed by atoms with van der Waals surface area (Å²) in [5.74, 6) is 1.68. The fourth-order valence-corrected chi connectivity index (χ4v) is 6.45. The van der Waals surface area contributed by atoms with Crippen LogP contribution in [0.2, 0.25) is 0 Å². The third-order valence-electron chi connectivity index (χ3n) is 8.70. The number of imidazole rings is 1. The molecule has 4 aromatic rings. The number of rotatable bonds is 4. The van der Waals surface area contributed by atoms with E-state index in [1.165, 1.54) is 30.2 Å². The number of nitrogens with one attached hydrogen (secondary N) is 3. The van der Waals surface area contributed by atoms with Crippen LogP contribution in [0.5, 0.6) is 0 Å². The van der Waals surface area contributed by atoms with Crippen LogP contribution in [-0.2, 0) is 6.54 Å². The number of hydrogen-bond donors (Lipinski definition) is 3. The van der Waals surface area contributed by atoms with Crippen LogP contribution in [0, 0.1) is 23.7 Å². The van der Waals surface area contributed by atoms with Gasteiger partial charge < -0.3 is 15.3 Å². The number of nitrogens with zero attached hydrogens (tertiary/aromatic N) is 2. The van der Waals surface area contributed by atoms with Crippen molar-refractivity contribution in [2.45, 2.75) is 67.0 Å². The third-order valence-corrected chi connectivity index (χ3v) is 8.70. The highest BCUT2D eigenvalue weighted by Crippen LogP contribution is 2.65. The minimum absolute atomic E-state index is 0. The van der Waals surface area contributed by atoms with E-state index in [0.29, 0.717) is 16.9 Å². The first-order valence-corrected chi connectivity index (χ1v) is 11.5. The highest BCUT2D eigenvalue weighted by molar-refractivity contribution is 5.94. The zero-order valence-corrected chi connectivity index (χ0v) is 18.8. The Kier molecular flexibility index (Phi) is 4.75. The van der Waals surface area contributed by atoms with E-state index in [2.05, 4.69) is 70.3 Å². The predicted octanol–water partition coefficient (Wildman–Crippen LogP) is 6.36. The average molecular weight is 430 g/mol. The van der Waals surface area contributed by atoms with Crippen LogP contribution in [-0.4, -0.2) is 26.0 Å². The molecule has 0 radical (unpaired) electrons. The minimum Gasteiger partial charge on any atom is -0.354 e. The molecule has 5 heteroatoms. The fourth-order valence-electron chi connectivity index (χ4n) is 6.45. The summed E-state index contributed by atoms with van der Waals surface area (Å²) in [6, 6.07) is 11.7. The van der Waals surface area contributed by atoms with Crippen molar-refractivity contribution in [1.29, 1.82) is 0 Å². The van der Waals surface area contributed by atoms with E-state index in [1.54, 1.807) is 0 Å². The molecule has 3 atom stereocenters. The Morgan fingerprint density at radius 1 is 1.12 bits per heavy atom. The lowest BCUT2D eigenvalue weighted by Crippen LogP contribution is -2.35. The quantitative estimate of drug-likeness (QED) is 0.354. The van der Waals surface area contributed by atoms with Gasteiger partial charge in [0.2, 0.25) is 0 Å². The predicted molar refractivity (Wildman–Crippen MR) is 133 cm³/mol. The normalized spacial score (nSPS) is 26.1. The van der Waals surface area contributed by atoms with Gasteiger partial charge in [-0.1, -0.05) is 34.3 Å². The number of aromatic amines is 2. The van der Waals surface area contributed by atoms with Crippen molar-refractivity contribution < 1.29 is 0 Å². The molecule has 3 unspecified atom stereocenters. The molecule has 2 saturated carbocycles. The monoisotopic (exact) mass is 429 g/mol. The molecule has 168 valence electrons. The van der Waals surface area contributed by atoms with Crippen molar-refractivity contribution in [3.8, 4) is 11.3 Å². The second-order valence-electron chi connectivity index (χ2n) is 10.6. The Hall–Kier alpha value is -2.66. The molecule has 5 nitrogen and oxygen atoms in total. The van der Waals surface area contributed by atoms with Crippen LogP contribution >= 0.6 is 0 Å². The number of fused-ring (bicyclic) bond motifs is 4. The van der Waals surface area contributed by atoms with Crippen molar-refractivity contribution >= 4 is 22.1 Å². The van der Waals surface area contributed by atoms with Gasteiger partial charge in [-0.25, -0.2) is 9.97 Å². The third kappa shape index (κ3) is 3.01. The molecule has 0 amide bonds. The number of benzene rings is 1. The lowest BCUT2D eigenvalue weighted by molar-refractivity contribution is 0.152. The molecular weight excluding hydrogens is 394 g/mol. The summed E-state index contributed by atoms with van der Waals surface area (Å²) in [4.78, 5) is 15.8. The lowest BCUT2D eigenvalue weighted by atomic mass is 9.71. The van der Waals surface area contributed by atoms with Gasteiger partial charge in [0.05, 0.1) is 5.52 Å². The van der Waals surface area contributed by atoms with E-state index in [-0.39, 0.29) is 7.43 Å². The highest BCUT2D eigenvalue weighted by atomic mass is 15.0. The first kappa shape index (κ1) is 21.2. The zero-order valence-electron chi connectivity index (χ0n) is 18.8. The molecule has 0 saturated heterocycles. The molecule has 2 aliphatic rings. The van der Waals surface area contributed by atoms with Crippen LogP contribution in [0.3, 0.4) is 0 Å². The number of hydrogen-bond acceptors (Lipinski definition) is 3. The first-order valence-electron chi connectivity index (χ1n) is 11.5. The second kappa shape index (κ2) is 7.17. The first-order chi connectivity index (χ1) is 14.8. The zero-order chi connectivity index (χ0) is 21.4. The van der Waals surface area contributed by atoms with E-state index >= 15 is 0 Å². The Bertz CT molecular complexity index is 1290. The van der Waals surface area contributed by atoms with Gasteiger partial charge in [-0.15, -0.1) is 0 Å². The molecule has 2 aliphatic carbocycles. The molecule has 32 heavy (non-hydrogen) atoms. The van der Waals surface area contributed by atoms with Crippen LogP contribution in [0.25, 0.3) is 33.3 Å². The van der Waals surface area contributed by atoms with Crippen LogP contribution in [0.1, 0.15) is 58.8 Å². The average Bonchev–Trinajstić information content (AvgIpc) is 3.42. The van der Waals surface area contributed by atoms with Crippen LogP contribution < -0.4 is 5.32 Å². The van der Waals surface area contributed by atoms with Crippen molar-refractivity contribution in [2.24, 2.45) is 16.7 Å². The smallest absolute Gasteiger partial charge is 0.178 e. The van der Waals surface area contributed by atoms with E-state index in [9.17, 15) is 0 Å². The maximum absolute atomic E-state index is 4.47. The second-order valence-corrected chi connectivity index (χ2v) is 10.6. The molecule has 6 rings (SSSR count). The molecule has 0 aliphatic heterocycles. The molecule has 3 N–H and O–H groups in total. The molecule has 2 bridgehead atoms. The Labute approximate surface area is 190 Å². The van der Waals surface area contributed by atoms with Crippen LogP contribution in [0.15, 0.2) is 36.5 Å². The van der Waals surface area contributed by atoms with E-state index in [0.717, 1.165) is 46.2 Å². The van der Waals surface area contributed by atoms with Gasteiger partial charge in [-0.05, 0) is 72.8 Å². The summed E-state index contributed by atoms with van der Waals surface area (Å²) >= 11 is 0. The van der Waals surface area contributed by atoms with Gasteiger partial charge in [-0.3, -0.25) is 0 Å². The lowest BCUT2D eigenvalue weighted by Gasteiger charge is -2.33. The number of aryl methyl sites for hydroxylation is 1. The summed E-state index contributed by atoms with van der Waals surface area (Å²) in [6.07, 6.45) is 5.90. The Morgan fingerprint density at radius 3 is 2.72 bits per heavy atom. The van der Waals surface area contributed by atoms with E-state index in [4.69, 9.17) is 0 Å². The molecule has 3 heterocycles. The molecule has 0 spiro atoms. The minimum atomic E-state index is 0. The van der Waals surface area contributed by atoms with Gasteiger partial charge in [0.15, 0.2) is 5.65 Å². The number of pyridine rings is 1. The van der Waals surface area contributed by atoms with Gasteiger partial charge >= 0.3 is 0 Å². The topological polar surface area (TPSA) is 69.4 Å². The van der Waals surface area contributed by atoms with Crippen molar-refractivity contribution in [1.82, 2.24) is 25.3 Å². The largest absolute Gasteiger partial charge is 0.354 e.